The SMILES string of the molecule is CCc1ccc(CC)c(CNC(=O)[C@@H](CC)Oc2ccccc2C)c1. The molecule has 0 aliphatic carbocycles. The monoisotopic (exact) mass is 339 g/mol. The summed E-state index contributed by atoms with van der Waals surface area (Å²) < 4.78 is 5.93. The summed E-state index contributed by atoms with van der Waals surface area (Å²) in [6.45, 7) is 8.79. The number of hydrogen-bond donors (Lipinski definition) is 1. The molecule has 0 aliphatic heterocycles. The maximum Gasteiger partial charge on any atom is 0.261 e. The zero-order valence-corrected chi connectivity index (χ0v) is 15.8. The van der Waals surface area contributed by atoms with Gasteiger partial charge in [0, 0.05) is 6.54 Å². The van der Waals surface area contributed by atoms with Crippen molar-refractivity contribution < 1.29 is 9.53 Å². The average molecular weight is 339 g/mol. The fourth-order valence-corrected chi connectivity index (χ4v) is 2.87. The molecule has 1 amide bonds. The van der Waals surface area contributed by atoms with Crippen LogP contribution in [0.1, 0.15) is 49.4 Å². The molecule has 134 valence electrons. The normalized spacial score (nSPS) is 11.8. The van der Waals surface area contributed by atoms with Gasteiger partial charge in [0.2, 0.25) is 0 Å². The molecule has 2 rings (SSSR count). The first kappa shape index (κ1) is 19.0. The van der Waals surface area contributed by atoms with Crippen molar-refractivity contribution in [2.75, 3.05) is 0 Å². The molecule has 0 aliphatic rings. The van der Waals surface area contributed by atoms with Crippen LogP contribution in [0.4, 0.5) is 0 Å². The van der Waals surface area contributed by atoms with Gasteiger partial charge in [0.1, 0.15) is 5.75 Å². The summed E-state index contributed by atoms with van der Waals surface area (Å²) in [5.41, 5.74) is 4.81. The molecule has 25 heavy (non-hydrogen) atoms. The Morgan fingerprint density at radius 1 is 1.04 bits per heavy atom. The second-order valence-corrected chi connectivity index (χ2v) is 6.31. The highest BCUT2D eigenvalue weighted by Crippen LogP contribution is 2.19. The number of ether oxygens (including phenoxy) is 1. The molecule has 3 nitrogen and oxygen atoms in total. The lowest BCUT2D eigenvalue weighted by Gasteiger charge is -2.19. The van der Waals surface area contributed by atoms with Crippen LogP contribution in [0.3, 0.4) is 0 Å². The molecular formula is C22H29NO2. The number of para-hydroxylation sites is 1. The number of aryl methyl sites for hydroxylation is 3. The summed E-state index contributed by atoms with van der Waals surface area (Å²) in [6.07, 6.45) is 2.13. The minimum atomic E-state index is -0.472. The summed E-state index contributed by atoms with van der Waals surface area (Å²) >= 11 is 0. The van der Waals surface area contributed by atoms with Gasteiger partial charge in [0.15, 0.2) is 6.10 Å². The minimum Gasteiger partial charge on any atom is -0.480 e. The van der Waals surface area contributed by atoms with Gasteiger partial charge in [-0.25, -0.2) is 0 Å². The molecule has 1 N–H and O–H groups in total. The Morgan fingerprint density at radius 3 is 2.44 bits per heavy atom. The highest BCUT2D eigenvalue weighted by Gasteiger charge is 2.19. The first-order valence-corrected chi connectivity index (χ1v) is 9.19. The van der Waals surface area contributed by atoms with E-state index in [2.05, 4.69) is 37.4 Å². The standard InChI is InChI=1S/C22H29NO2/c1-5-17-12-13-18(6-2)19(14-17)15-23-22(24)20(7-3)25-21-11-9-8-10-16(21)4/h8-14,20H,5-7,15H2,1-4H3,(H,23,24)/t20-/m1/s1. The smallest absolute Gasteiger partial charge is 0.261 e. The van der Waals surface area contributed by atoms with Gasteiger partial charge in [0.05, 0.1) is 0 Å². The van der Waals surface area contributed by atoms with Crippen LogP contribution in [0.15, 0.2) is 42.5 Å². The summed E-state index contributed by atoms with van der Waals surface area (Å²) in [4.78, 5) is 12.6. The van der Waals surface area contributed by atoms with E-state index in [-0.39, 0.29) is 5.91 Å². The van der Waals surface area contributed by atoms with Gasteiger partial charge in [-0.15, -0.1) is 0 Å². The zero-order chi connectivity index (χ0) is 18.2. The van der Waals surface area contributed by atoms with Crippen molar-refractivity contribution in [3.8, 4) is 5.75 Å². The number of benzene rings is 2. The molecule has 3 heteroatoms. The molecule has 2 aromatic carbocycles. The fourth-order valence-electron chi connectivity index (χ4n) is 2.87. The Balaban J connectivity index is 2.04. The van der Waals surface area contributed by atoms with Crippen LogP contribution in [0, 0.1) is 6.92 Å². The Morgan fingerprint density at radius 2 is 1.80 bits per heavy atom. The van der Waals surface area contributed by atoms with Crippen molar-refractivity contribution >= 4 is 5.91 Å². The lowest BCUT2D eigenvalue weighted by atomic mass is 10.0. The number of hydrogen-bond acceptors (Lipinski definition) is 2. The summed E-state index contributed by atoms with van der Waals surface area (Å²) in [7, 11) is 0. The van der Waals surface area contributed by atoms with E-state index in [1.54, 1.807) is 0 Å². The zero-order valence-electron chi connectivity index (χ0n) is 15.8. The van der Waals surface area contributed by atoms with E-state index < -0.39 is 6.10 Å². The van der Waals surface area contributed by atoms with Gasteiger partial charge in [0.25, 0.3) is 5.91 Å². The molecule has 0 fully saturated rings. The van der Waals surface area contributed by atoms with Gasteiger partial charge >= 0.3 is 0 Å². The average Bonchev–Trinajstić information content (AvgIpc) is 2.65. The predicted molar refractivity (Wildman–Crippen MR) is 103 cm³/mol. The second-order valence-electron chi connectivity index (χ2n) is 6.31. The molecule has 0 spiro atoms. The number of rotatable bonds is 8. The lowest BCUT2D eigenvalue weighted by molar-refractivity contribution is -0.128. The Labute approximate surface area is 151 Å². The van der Waals surface area contributed by atoms with Crippen molar-refractivity contribution in [3.05, 3.63) is 64.7 Å². The Hall–Kier alpha value is -2.29. The molecule has 0 aromatic heterocycles. The highest BCUT2D eigenvalue weighted by atomic mass is 16.5. The topological polar surface area (TPSA) is 38.3 Å². The van der Waals surface area contributed by atoms with Crippen LogP contribution >= 0.6 is 0 Å². The third kappa shape index (κ3) is 5.09. The van der Waals surface area contributed by atoms with E-state index in [9.17, 15) is 4.79 Å². The van der Waals surface area contributed by atoms with Gasteiger partial charge in [-0.3, -0.25) is 4.79 Å². The molecule has 0 unspecified atom stereocenters. The molecule has 1 atom stereocenters. The maximum atomic E-state index is 12.6. The highest BCUT2D eigenvalue weighted by molar-refractivity contribution is 5.81. The van der Waals surface area contributed by atoms with Crippen molar-refractivity contribution in [1.82, 2.24) is 5.32 Å². The third-order valence-electron chi connectivity index (χ3n) is 4.54. The van der Waals surface area contributed by atoms with Gasteiger partial charge in [-0.2, -0.15) is 0 Å². The summed E-state index contributed by atoms with van der Waals surface area (Å²) in [5.74, 6) is 0.710. The molecule has 0 bridgehead atoms. The molecule has 0 saturated heterocycles. The van der Waals surface area contributed by atoms with Gasteiger partial charge < -0.3 is 10.1 Å². The number of carbonyl (C=O) groups excluding carboxylic acids is 1. The number of nitrogens with one attached hydrogen (secondary N) is 1. The predicted octanol–water partition coefficient (Wildman–Crippen LogP) is 4.59. The summed E-state index contributed by atoms with van der Waals surface area (Å²) in [6, 6.07) is 14.3. The van der Waals surface area contributed by atoms with Crippen molar-refractivity contribution in [2.45, 2.75) is 59.6 Å². The van der Waals surface area contributed by atoms with Crippen molar-refractivity contribution in [1.29, 1.82) is 0 Å². The van der Waals surface area contributed by atoms with E-state index in [1.165, 1.54) is 16.7 Å². The molecule has 0 saturated carbocycles. The molecule has 2 aromatic rings. The second kappa shape index (κ2) is 9.26. The van der Waals surface area contributed by atoms with Crippen LogP contribution < -0.4 is 10.1 Å². The molecular weight excluding hydrogens is 310 g/mol. The van der Waals surface area contributed by atoms with E-state index in [1.807, 2.05) is 38.1 Å². The first-order valence-electron chi connectivity index (χ1n) is 9.19. The third-order valence-corrected chi connectivity index (χ3v) is 4.54. The number of carbonyl (C=O) groups is 1. The molecule has 0 radical (unpaired) electrons. The lowest BCUT2D eigenvalue weighted by Crippen LogP contribution is -2.37. The first-order chi connectivity index (χ1) is 12.1. The fraction of sp³-hybridized carbons (Fsp3) is 0.409. The quantitative estimate of drug-likeness (QED) is 0.763. The largest absolute Gasteiger partial charge is 0.480 e. The van der Waals surface area contributed by atoms with E-state index in [0.29, 0.717) is 13.0 Å². The van der Waals surface area contributed by atoms with E-state index >= 15 is 0 Å². The number of amides is 1. The van der Waals surface area contributed by atoms with Crippen LogP contribution in [-0.4, -0.2) is 12.0 Å². The minimum absolute atomic E-state index is 0.0605. The van der Waals surface area contributed by atoms with Gasteiger partial charge in [-0.05, 0) is 54.5 Å². The maximum absolute atomic E-state index is 12.6. The van der Waals surface area contributed by atoms with E-state index in [4.69, 9.17) is 4.74 Å². The van der Waals surface area contributed by atoms with Gasteiger partial charge in [-0.1, -0.05) is 57.2 Å². The van der Waals surface area contributed by atoms with Crippen LogP contribution in [0.25, 0.3) is 0 Å². The van der Waals surface area contributed by atoms with Crippen LogP contribution in [0.5, 0.6) is 5.75 Å². The van der Waals surface area contributed by atoms with Crippen LogP contribution in [-0.2, 0) is 24.2 Å². The van der Waals surface area contributed by atoms with Crippen molar-refractivity contribution in [2.24, 2.45) is 0 Å². The molecule has 0 heterocycles. The van der Waals surface area contributed by atoms with Crippen molar-refractivity contribution in [3.63, 3.8) is 0 Å². The Kier molecular flexibility index (Phi) is 7.05. The summed E-state index contributed by atoms with van der Waals surface area (Å²) in [5, 5.41) is 3.05. The van der Waals surface area contributed by atoms with Crippen LogP contribution in [0.2, 0.25) is 0 Å². The van der Waals surface area contributed by atoms with E-state index in [0.717, 1.165) is 24.2 Å². The Bertz CT molecular complexity index is 709.